The first-order valence-electron chi connectivity index (χ1n) is 6.67. The van der Waals surface area contributed by atoms with Gasteiger partial charge in [-0.05, 0) is 19.9 Å². The number of nitrogens with two attached hydrogens (primary N) is 1. The van der Waals surface area contributed by atoms with Gasteiger partial charge in [-0.15, -0.1) is 11.3 Å². The van der Waals surface area contributed by atoms with E-state index in [2.05, 4.69) is 10.3 Å². The van der Waals surface area contributed by atoms with Gasteiger partial charge in [0.1, 0.15) is 4.88 Å². The predicted octanol–water partition coefficient (Wildman–Crippen LogP) is 1.23. The third-order valence-electron chi connectivity index (χ3n) is 2.99. The number of aliphatic hydroxyl groups is 1. The van der Waals surface area contributed by atoms with Crippen LogP contribution in [0.5, 0.6) is 0 Å². The second-order valence-electron chi connectivity index (χ2n) is 4.66. The lowest BCUT2D eigenvalue weighted by Crippen LogP contribution is -2.27. The van der Waals surface area contributed by atoms with Crippen LogP contribution in [-0.4, -0.2) is 42.4 Å². The number of aromatic nitrogens is 1. The molecule has 1 amide bonds. The van der Waals surface area contributed by atoms with E-state index in [0.29, 0.717) is 23.7 Å². The molecule has 2 aromatic heterocycles. The molecular weight excluding hydrogens is 290 g/mol. The first kappa shape index (κ1) is 15.7. The number of fused-ring (bicyclic) bond motifs is 1. The van der Waals surface area contributed by atoms with E-state index in [1.165, 1.54) is 11.3 Å². The van der Waals surface area contributed by atoms with E-state index in [-0.39, 0.29) is 19.1 Å². The number of hydrogen-bond acceptors (Lipinski definition) is 6. The average Bonchev–Trinajstić information content (AvgIpc) is 2.75. The normalized spacial score (nSPS) is 11.0. The Kier molecular flexibility index (Phi) is 5.11. The van der Waals surface area contributed by atoms with Crippen molar-refractivity contribution in [3.8, 4) is 0 Å². The maximum absolute atomic E-state index is 12.2. The number of aliphatic hydroxyl groups excluding tert-OH is 1. The average molecular weight is 309 g/mol. The molecular formula is C14H19N3O3S. The summed E-state index contributed by atoms with van der Waals surface area (Å²) < 4.78 is 6.06. The number of amides is 1. The third-order valence-corrected chi connectivity index (χ3v) is 4.14. The van der Waals surface area contributed by atoms with Gasteiger partial charge in [-0.1, -0.05) is 0 Å². The number of anilines is 1. The van der Waals surface area contributed by atoms with Crippen molar-refractivity contribution < 1.29 is 14.6 Å². The van der Waals surface area contributed by atoms with E-state index in [1.54, 1.807) is 0 Å². The zero-order valence-electron chi connectivity index (χ0n) is 12.1. The fraction of sp³-hybridized carbons (Fsp3) is 0.429. The molecule has 2 rings (SSSR count). The molecule has 114 valence electrons. The lowest BCUT2D eigenvalue weighted by molar-refractivity contribution is 0.0841. The summed E-state index contributed by atoms with van der Waals surface area (Å²) in [7, 11) is 0. The van der Waals surface area contributed by atoms with E-state index in [9.17, 15) is 4.79 Å². The van der Waals surface area contributed by atoms with E-state index in [1.807, 2.05) is 19.9 Å². The Hall–Kier alpha value is -1.70. The van der Waals surface area contributed by atoms with Gasteiger partial charge in [0.25, 0.3) is 5.91 Å². The van der Waals surface area contributed by atoms with Gasteiger partial charge < -0.3 is 20.9 Å². The maximum atomic E-state index is 12.2. The minimum atomic E-state index is -0.210. The van der Waals surface area contributed by atoms with Crippen molar-refractivity contribution in [1.29, 1.82) is 0 Å². The van der Waals surface area contributed by atoms with Crippen LogP contribution in [0.4, 0.5) is 5.69 Å². The Bertz CT molecular complexity index is 654. The van der Waals surface area contributed by atoms with Crippen molar-refractivity contribution in [2.24, 2.45) is 0 Å². The smallest absolute Gasteiger partial charge is 0.263 e. The van der Waals surface area contributed by atoms with Gasteiger partial charge in [-0.2, -0.15) is 0 Å². The number of pyridine rings is 1. The van der Waals surface area contributed by atoms with Crippen LogP contribution in [0.15, 0.2) is 6.07 Å². The SMILES string of the molecule is Cc1cc2sc(C(=O)NCCOCCO)c(N)c2c(C)n1. The van der Waals surface area contributed by atoms with Crippen molar-refractivity contribution in [2.75, 3.05) is 32.1 Å². The third kappa shape index (κ3) is 3.49. The molecule has 0 radical (unpaired) electrons. The highest BCUT2D eigenvalue weighted by molar-refractivity contribution is 7.21. The molecule has 0 aliphatic rings. The van der Waals surface area contributed by atoms with Crippen molar-refractivity contribution >= 4 is 33.0 Å². The van der Waals surface area contributed by atoms with Crippen molar-refractivity contribution in [1.82, 2.24) is 10.3 Å². The summed E-state index contributed by atoms with van der Waals surface area (Å²) in [5.41, 5.74) is 8.31. The minimum absolute atomic E-state index is 0.0250. The number of nitrogens with zero attached hydrogens (tertiary/aromatic N) is 1. The van der Waals surface area contributed by atoms with E-state index < -0.39 is 0 Å². The first-order valence-corrected chi connectivity index (χ1v) is 7.49. The van der Waals surface area contributed by atoms with Crippen molar-refractivity contribution in [2.45, 2.75) is 13.8 Å². The van der Waals surface area contributed by atoms with Gasteiger partial charge in [0.2, 0.25) is 0 Å². The fourth-order valence-corrected chi connectivity index (χ4v) is 3.32. The molecule has 0 saturated carbocycles. The second kappa shape index (κ2) is 6.84. The minimum Gasteiger partial charge on any atom is -0.397 e. The summed E-state index contributed by atoms with van der Waals surface area (Å²) in [4.78, 5) is 17.0. The summed E-state index contributed by atoms with van der Waals surface area (Å²) >= 11 is 1.37. The molecule has 4 N–H and O–H groups in total. The number of thiophene rings is 1. The first-order chi connectivity index (χ1) is 10.0. The summed E-state index contributed by atoms with van der Waals surface area (Å²) in [6.07, 6.45) is 0. The van der Waals surface area contributed by atoms with Gasteiger partial charge in [-0.3, -0.25) is 9.78 Å². The van der Waals surface area contributed by atoms with Crippen molar-refractivity contribution in [3.05, 3.63) is 22.3 Å². The molecule has 6 nitrogen and oxygen atoms in total. The van der Waals surface area contributed by atoms with Gasteiger partial charge in [0.05, 0.1) is 25.5 Å². The van der Waals surface area contributed by atoms with Crippen LogP contribution in [0.2, 0.25) is 0 Å². The molecule has 21 heavy (non-hydrogen) atoms. The number of rotatable bonds is 6. The number of nitrogens with one attached hydrogen (secondary N) is 1. The summed E-state index contributed by atoms with van der Waals surface area (Å²) in [5.74, 6) is -0.210. The van der Waals surface area contributed by atoms with Crippen LogP contribution in [0.1, 0.15) is 21.1 Å². The second-order valence-corrected chi connectivity index (χ2v) is 5.71. The molecule has 0 aliphatic carbocycles. The number of carbonyl (C=O) groups is 1. The molecule has 2 heterocycles. The van der Waals surface area contributed by atoms with Crippen molar-refractivity contribution in [3.63, 3.8) is 0 Å². The van der Waals surface area contributed by atoms with Crippen LogP contribution in [-0.2, 0) is 4.74 Å². The maximum Gasteiger partial charge on any atom is 0.263 e. The summed E-state index contributed by atoms with van der Waals surface area (Å²) in [6.45, 7) is 4.79. The zero-order valence-corrected chi connectivity index (χ0v) is 12.9. The zero-order chi connectivity index (χ0) is 15.4. The van der Waals surface area contributed by atoms with Gasteiger partial charge in [0, 0.05) is 28.0 Å². The highest BCUT2D eigenvalue weighted by Gasteiger charge is 2.18. The topological polar surface area (TPSA) is 97.5 Å². The molecule has 0 saturated heterocycles. The lowest BCUT2D eigenvalue weighted by atomic mass is 10.2. The molecule has 7 heteroatoms. The molecule has 2 aromatic rings. The highest BCUT2D eigenvalue weighted by atomic mass is 32.1. The number of hydrogen-bond donors (Lipinski definition) is 3. The molecule has 0 spiro atoms. The fourth-order valence-electron chi connectivity index (χ4n) is 2.13. The molecule has 0 fully saturated rings. The predicted molar refractivity (Wildman–Crippen MR) is 83.7 cm³/mol. The summed E-state index contributed by atoms with van der Waals surface area (Å²) in [6, 6.07) is 1.94. The number of carbonyl (C=O) groups excluding carboxylic acids is 1. The van der Waals surface area contributed by atoms with E-state index in [0.717, 1.165) is 21.5 Å². The molecule has 0 atom stereocenters. The van der Waals surface area contributed by atoms with Gasteiger partial charge >= 0.3 is 0 Å². The lowest BCUT2D eigenvalue weighted by Gasteiger charge is -2.05. The molecule has 0 bridgehead atoms. The van der Waals surface area contributed by atoms with Crippen LogP contribution in [0.3, 0.4) is 0 Å². The Morgan fingerprint density at radius 1 is 1.48 bits per heavy atom. The summed E-state index contributed by atoms with van der Waals surface area (Å²) in [5, 5.41) is 12.2. The van der Waals surface area contributed by atoms with E-state index >= 15 is 0 Å². The Balaban J connectivity index is 2.13. The number of nitrogen functional groups attached to an aromatic ring is 1. The van der Waals surface area contributed by atoms with Crippen LogP contribution in [0.25, 0.3) is 10.1 Å². The largest absolute Gasteiger partial charge is 0.397 e. The Morgan fingerprint density at radius 2 is 2.24 bits per heavy atom. The molecule has 0 aliphatic heterocycles. The standard InChI is InChI=1S/C14H19N3O3S/c1-8-7-10-11(9(2)17-8)12(15)13(21-10)14(19)16-3-5-20-6-4-18/h7,18H,3-6,15H2,1-2H3,(H,16,19). The monoisotopic (exact) mass is 309 g/mol. The highest BCUT2D eigenvalue weighted by Crippen LogP contribution is 2.35. The van der Waals surface area contributed by atoms with Crippen LogP contribution >= 0.6 is 11.3 Å². The van der Waals surface area contributed by atoms with E-state index in [4.69, 9.17) is 15.6 Å². The molecule has 0 unspecified atom stereocenters. The Morgan fingerprint density at radius 3 is 2.95 bits per heavy atom. The Labute approximate surface area is 126 Å². The molecule has 0 aromatic carbocycles. The van der Waals surface area contributed by atoms with Crippen LogP contribution < -0.4 is 11.1 Å². The number of ether oxygens (including phenoxy) is 1. The quantitative estimate of drug-likeness (QED) is 0.697. The van der Waals surface area contributed by atoms with Gasteiger partial charge in [-0.25, -0.2) is 0 Å². The van der Waals surface area contributed by atoms with Gasteiger partial charge in [0.15, 0.2) is 0 Å². The van der Waals surface area contributed by atoms with Crippen LogP contribution in [0, 0.1) is 13.8 Å². The number of aryl methyl sites for hydroxylation is 2.